The second-order valence-electron chi connectivity index (χ2n) is 5.92. The highest BCUT2D eigenvalue weighted by Crippen LogP contribution is 2.18. The Bertz CT molecular complexity index is 388. The van der Waals surface area contributed by atoms with E-state index in [1.165, 1.54) is 17.6 Å². The van der Waals surface area contributed by atoms with Crippen molar-refractivity contribution in [2.75, 3.05) is 13.1 Å². The maximum absolute atomic E-state index is 4.30. The van der Waals surface area contributed by atoms with E-state index in [1.807, 2.05) is 7.05 Å². The fourth-order valence-electron chi connectivity index (χ4n) is 2.74. The molecule has 19 heavy (non-hydrogen) atoms. The Morgan fingerprint density at radius 3 is 2.79 bits per heavy atom. The van der Waals surface area contributed by atoms with Gasteiger partial charge in [0, 0.05) is 25.2 Å². The normalized spacial score (nSPS) is 25.1. The fourth-order valence-corrected chi connectivity index (χ4v) is 2.74. The van der Waals surface area contributed by atoms with Crippen LogP contribution in [0.15, 0.2) is 0 Å². The molecular weight excluding hydrogens is 240 g/mol. The Labute approximate surface area is 115 Å². The zero-order chi connectivity index (χ0) is 13.8. The highest BCUT2D eigenvalue weighted by molar-refractivity contribution is 4.89. The lowest BCUT2D eigenvalue weighted by Gasteiger charge is -2.40. The Balaban J connectivity index is 2.01. The van der Waals surface area contributed by atoms with Crippen molar-refractivity contribution >= 4 is 0 Å². The van der Waals surface area contributed by atoms with Crippen LogP contribution in [-0.4, -0.2) is 50.3 Å². The van der Waals surface area contributed by atoms with Crippen molar-refractivity contribution in [1.82, 2.24) is 30.4 Å². The van der Waals surface area contributed by atoms with Crippen LogP contribution in [0.3, 0.4) is 0 Å². The third kappa shape index (κ3) is 3.98. The molecule has 6 heteroatoms. The molecule has 2 rings (SSSR count). The fraction of sp³-hybridized carbons (Fsp3) is 0.923. The van der Waals surface area contributed by atoms with Gasteiger partial charge in [-0.05, 0) is 24.0 Å². The highest BCUT2D eigenvalue weighted by atomic mass is 15.6. The predicted octanol–water partition coefficient (Wildman–Crippen LogP) is 0.809. The summed E-state index contributed by atoms with van der Waals surface area (Å²) in [5, 5.41) is 16.0. The largest absolute Gasteiger partial charge is 0.311 e. The van der Waals surface area contributed by atoms with E-state index >= 15 is 0 Å². The van der Waals surface area contributed by atoms with Gasteiger partial charge in [0.2, 0.25) is 0 Å². The summed E-state index contributed by atoms with van der Waals surface area (Å²) in [5.41, 5.74) is 0. The number of piperazine rings is 1. The number of hydrogen-bond acceptors (Lipinski definition) is 5. The van der Waals surface area contributed by atoms with Crippen LogP contribution in [0.2, 0.25) is 0 Å². The van der Waals surface area contributed by atoms with Crippen LogP contribution in [0.5, 0.6) is 0 Å². The van der Waals surface area contributed by atoms with Crippen molar-refractivity contribution in [3.05, 3.63) is 5.82 Å². The van der Waals surface area contributed by atoms with Crippen LogP contribution in [0.4, 0.5) is 0 Å². The molecule has 0 spiro atoms. The van der Waals surface area contributed by atoms with Gasteiger partial charge in [0.25, 0.3) is 0 Å². The average Bonchev–Trinajstić information content (AvgIpc) is 2.76. The summed E-state index contributed by atoms with van der Waals surface area (Å²) in [6.45, 7) is 9.75. The number of aromatic nitrogens is 4. The summed E-state index contributed by atoms with van der Waals surface area (Å²) < 4.78 is 0. The second kappa shape index (κ2) is 6.43. The lowest BCUT2D eigenvalue weighted by atomic mass is 9.98. The Morgan fingerprint density at radius 2 is 2.21 bits per heavy atom. The van der Waals surface area contributed by atoms with Crippen LogP contribution < -0.4 is 5.32 Å². The lowest BCUT2D eigenvalue weighted by Crippen LogP contribution is -2.56. The molecule has 1 N–H and O–H groups in total. The van der Waals surface area contributed by atoms with Crippen LogP contribution in [0, 0.1) is 5.92 Å². The first-order valence-electron chi connectivity index (χ1n) is 7.28. The minimum atomic E-state index is 0.576. The number of hydrogen-bond donors (Lipinski definition) is 1. The van der Waals surface area contributed by atoms with Crippen molar-refractivity contribution in [3.8, 4) is 0 Å². The molecule has 0 saturated carbocycles. The van der Waals surface area contributed by atoms with Crippen LogP contribution in [-0.2, 0) is 13.6 Å². The maximum atomic E-state index is 4.30. The standard InChI is InChI=1S/C13H26N6/c1-5-11-8-19(9-13-15-17-18(4)16-13)12(7-14-11)6-10(2)3/h10-12,14H,5-9H2,1-4H3. The number of nitrogens with one attached hydrogen (secondary N) is 1. The Hall–Kier alpha value is -1.01. The van der Waals surface area contributed by atoms with Gasteiger partial charge in [-0.15, -0.1) is 10.2 Å². The molecular formula is C13H26N6. The smallest absolute Gasteiger partial charge is 0.188 e. The van der Waals surface area contributed by atoms with Gasteiger partial charge in [-0.1, -0.05) is 20.8 Å². The van der Waals surface area contributed by atoms with Gasteiger partial charge in [-0.2, -0.15) is 4.80 Å². The summed E-state index contributed by atoms with van der Waals surface area (Å²) in [5.74, 6) is 1.54. The molecule has 0 radical (unpaired) electrons. The number of aryl methyl sites for hydroxylation is 1. The number of nitrogens with zero attached hydrogens (tertiary/aromatic N) is 5. The van der Waals surface area contributed by atoms with E-state index in [1.54, 1.807) is 0 Å². The van der Waals surface area contributed by atoms with E-state index in [4.69, 9.17) is 0 Å². The van der Waals surface area contributed by atoms with Crippen molar-refractivity contribution in [3.63, 3.8) is 0 Å². The monoisotopic (exact) mass is 266 g/mol. The van der Waals surface area contributed by atoms with E-state index in [2.05, 4.69) is 46.4 Å². The quantitative estimate of drug-likeness (QED) is 0.854. The molecule has 2 heterocycles. The molecule has 108 valence electrons. The van der Waals surface area contributed by atoms with Crippen LogP contribution in [0.25, 0.3) is 0 Å². The molecule has 0 aliphatic carbocycles. The molecule has 1 saturated heterocycles. The maximum Gasteiger partial charge on any atom is 0.188 e. The van der Waals surface area contributed by atoms with Gasteiger partial charge in [0.05, 0.1) is 13.6 Å². The Morgan fingerprint density at radius 1 is 1.42 bits per heavy atom. The summed E-state index contributed by atoms with van der Waals surface area (Å²) in [6.07, 6.45) is 2.38. The first-order chi connectivity index (χ1) is 9.08. The minimum absolute atomic E-state index is 0.576. The topological polar surface area (TPSA) is 58.9 Å². The lowest BCUT2D eigenvalue weighted by molar-refractivity contribution is 0.102. The Kier molecular flexibility index (Phi) is 4.87. The summed E-state index contributed by atoms with van der Waals surface area (Å²) in [7, 11) is 1.81. The van der Waals surface area contributed by atoms with Crippen LogP contribution >= 0.6 is 0 Å². The van der Waals surface area contributed by atoms with E-state index in [-0.39, 0.29) is 0 Å². The first kappa shape index (κ1) is 14.4. The van der Waals surface area contributed by atoms with Crippen molar-refractivity contribution in [2.24, 2.45) is 13.0 Å². The molecule has 1 aromatic rings. The van der Waals surface area contributed by atoms with E-state index in [9.17, 15) is 0 Å². The van der Waals surface area contributed by atoms with Gasteiger partial charge in [-0.25, -0.2) is 0 Å². The summed E-state index contributed by atoms with van der Waals surface area (Å²) in [4.78, 5) is 4.05. The van der Waals surface area contributed by atoms with E-state index in [0.29, 0.717) is 18.0 Å². The zero-order valence-corrected chi connectivity index (χ0v) is 12.5. The molecule has 2 unspecified atom stereocenters. The van der Waals surface area contributed by atoms with Gasteiger partial charge in [0.1, 0.15) is 0 Å². The minimum Gasteiger partial charge on any atom is -0.311 e. The molecule has 6 nitrogen and oxygen atoms in total. The molecule has 1 aromatic heterocycles. The molecule has 0 amide bonds. The first-order valence-corrected chi connectivity index (χ1v) is 7.28. The molecule has 1 aliphatic heterocycles. The zero-order valence-electron chi connectivity index (χ0n) is 12.5. The number of rotatable bonds is 5. The molecule has 0 aromatic carbocycles. The molecule has 2 atom stereocenters. The predicted molar refractivity (Wildman–Crippen MR) is 74.5 cm³/mol. The average molecular weight is 266 g/mol. The van der Waals surface area contributed by atoms with Crippen molar-refractivity contribution in [2.45, 2.75) is 52.2 Å². The summed E-state index contributed by atoms with van der Waals surface area (Å²) >= 11 is 0. The van der Waals surface area contributed by atoms with Crippen LogP contribution in [0.1, 0.15) is 39.4 Å². The van der Waals surface area contributed by atoms with Gasteiger partial charge >= 0.3 is 0 Å². The number of tetrazole rings is 1. The molecule has 1 fully saturated rings. The third-order valence-electron chi connectivity index (χ3n) is 3.74. The van der Waals surface area contributed by atoms with Crippen molar-refractivity contribution in [1.29, 1.82) is 0 Å². The van der Waals surface area contributed by atoms with Gasteiger partial charge < -0.3 is 5.32 Å². The third-order valence-corrected chi connectivity index (χ3v) is 3.74. The second-order valence-corrected chi connectivity index (χ2v) is 5.92. The highest BCUT2D eigenvalue weighted by Gasteiger charge is 2.28. The van der Waals surface area contributed by atoms with E-state index < -0.39 is 0 Å². The molecule has 0 bridgehead atoms. The van der Waals surface area contributed by atoms with Gasteiger partial charge in [-0.3, -0.25) is 4.90 Å². The van der Waals surface area contributed by atoms with E-state index in [0.717, 1.165) is 25.5 Å². The van der Waals surface area contributed by atoms with Crippen molar-refractivity contribution < 1.29 is 0 Å². The van der Waals surface area contributed by atoms with Gasteiger partial charge in [0.15, 0.2) is 5.82 Å². The summed E-state index contributed by atoms with van der Waals surface area (Å²) in [6, 6.07) is 1.16. The SMILES string of the molecule is CCC1CN(Cc2nnn(C)n2)C(CC(C)C)CN1. The molecule has 1 aliphatic rings.